The maximum atomic E-state index is 13.3. The third kappa shape index (κ3) is 6.20. The maximum Gasteiger partial charge on any atom is 0.240 e. The third-order valence-electron chi connectivity index (χ3n) is 6.54. The average molecular weight is 497 g/mol. The van der Waals surface area contributed by atoms with Crippen molar-refractivity contribution in [2.45, 2.75) is 17.9 Å². The van der Waals surface area contributed by atoms with E-state index in [4.69, 9.17) is 0 Å². The number of benzene rings is 3. The molecule has 1 aliphatic heterocycles. The molecule has 1 fully saturated rings. The van der Waals surface area contributed by atoms with E-state index >= 15 is 0 Å². The summed E-state index contributed by atoms with van der Waals surface area (Å²) in [7, 11) is 0.365. The highest BCUT2D eigenvalue weighted by Gasteiger charge is 2.27. The zero-order valence-electron chi connectivity index (χ0n) is 20.5. The van der Waals surface area contributed by atoms with Crippen LogP contribution in [0.5, 0.6) is 0 Å². The van der Waals surface area contributed by atoms with Gasteiger partial charge in [-0.15, -0.1) is 0 Å². The molecule has 0 unspecified atom stereocenters. The highest BCUT2D eigenvalue weighted by molar-refractivity contribution is 7.89. The second-order valence-electron chi connectivity index (χ2n) is 9.17. The number of nitrogens with zero attached hydrogens (tertiary/aromatic N) is 3. The highest BCUT2D eigenvalue weighted by atomic mass is 32.2. The Balaban J connectivity index is 1.51. The lowest BCUT2D eigenvalue weighted by Gasteiger charge is -2.40. The number of piperazine rings is 1. The second kappa shape index (κ2) is 10.8. The minimum Gasteiger partial charge on any atom is -0.378 e. The van der Waals surface area contributed by atoms with Gasteiger partial charge in [-0.1, -0.05) is 29.8 Å². The number of hydrogen-bond donors (Lipinski definition) is 1. The molecule has 1 heterocycles. The van der Waals surface area contributed by atoms with Crippen LogP contribution in [-0.4, -0.2) is 60.1 Å². The smallest absolute Gasteiger partial charge is 0.240 e. The van der Waals surface area contributed by atoms with Crippen LogP contribution in [0.15, 0.2) is 77.7 Å². The first-order chi connectivity index (χ1) is 16.7. The van der Waals surface area contributed by atoms with Crippen molar-refractivity contribution in [2.24, 2.45) is 0 Å². The molecule has 0 spiro atoms. The number of nitrogens with one attached hydrogen (secondary N) is 1. The lowest BCUT2D eigenvalue weighted by Crippen LogP contribution is -2.49. The summed E-state index contributed by atoms with van der Waals surface area (Å²) in [5, 5.41) is 0. The van der Waals surface area contributed by atoms with E-state index in [9.17, 15) is 12.8 Å². The van der Waals surface area contributed by atoms with Crippen LogP contribution < -0.4 is 14.5 Å². The molecule has 3 aromatic carbocycles. The van der Waals surface area contributed by atoms with Gasteiger partial charge in [-0.25, -0.2) is 17.5 Å². The van der Waals surface area contributed by atoms with Crippen molar-refractivity contribution in [3.8, 4) is 0 Å². The van der Waals surface area contributed by atoms with Gasteiger partial charge in [-0.3, -0.25) is 4.90 Å². The fourth-order valence-corrected chi connectivity index (χ4v) is 5.42. The molecule has 1 atom stereocenters. The van der Waals surface area contributed by atoms with Crippen molar-refractivity contribution in [2.75, 3.05) is 56.6 Å². The molecule has 6 nitrogen and oxygen atoms in total. The van der Waals surface area contributed by atoms with Gasteiger partial charge >= 0.3 is 0 Å². The Hall–Kier alpha value is -2.94. The van der Waals surface area contributed by atoms with E-state index in [1.165, 1.54) is 12.1 Å². The monoisotopic (exact) mass is 496 g/mol. The van der Waals surface area contributed by atoms with Crippen molar-refractivity contribution in [1.29, 1.82) is 0 Å². The number of hydrogen-bond acceptors (Lipinski definition) is 5. The quantitative estimate of drug-likeness (QED) is 0.510. The average Bonchev–Trinajstić information content (AvgIpc) is 2.85. The normalized spacial score (nSPS) is 15.7. The SMILES string of the molecule is Cc1ccc(S(=O)(=O)NC[C@@H](c2ccc(N(C)C)cc2)N2CCN(c3ccc(F)cc3)CC2)cc1. The molecule has 0 bridgehead atoms. The summed E-state index contributed by atoms with van der Waals surface area (Å²) < 4.78 is 42.2. The van der Waals surface area contributed by atoms with Gasteiger partial charge in [0.2, 0.25) is 10.0 Å². The zero-order chi connectivity index (χ0) is 25.0. The van der Waals surface area contributed by atoms with Gasteiger partial charge in [0, 0.05) is 64.2 Å². The summed E-state index contributed by atoms with van der Waals surface area (Å²) in [6.45, 7) is 5.30. The summed E-state index contributed by atoms with van der Waals surface area (Å²) in [6, 6.07) is 21.6. The molecule has 1 N–H and O–H groups in total. The molecule has 3 aromatic rings. The van der Waals surface area contributed by atoms with E-state index in [-0.39, 0.29) is 23.3 Å². The summed E-state index contributed by atoms with van der Waals surface area (Å²) in [6.07, 6.45) is 0. The van der Waals surface area contributed by atoms with Gasteiger partial charge < -0.3 is 9.80 Å². The van der Waals surface area contributed by atoms with E-state index in [0.717, 1.165) is 48.7 Å². The Morgan fingerprint density at radius 3 is 2.06 bits per heavy atom. The van der Waals surface area contributed by atoms with Gasteiger partial charge in [0.15, 0.2) is 0 Å². The number of aryl methyl sites for hydroxylation is 1. The molecule has 4 rings (SSSR count). The van der Waals surface area contributed by atoms with E-state index in [2.05, 4.69) is 38.8 Å². The Morgan fingerprint density at radius 2 is 1.49 bits per heavy atom. The largest absolute Gasteiger partial charge is 0.378 e. The van der Waals surface area contributed by atoms with Crippen LogP contribution in [0, 0.1) is 12.7 Å². The molecule has 35 heavy (non-hydrogen) atoms. The van der Waals surface area contributed by atoms with Crippen molar-refractivity contribution < 1.29 is 12.8 Å². The zero-order valence-corrected chi connectivity index (χ0v) is 21.3. The van der Waals surface area contributed by atoms with Crippen LogP contribution in [-0.2, 0) is 10.0 Å². The minimum absolute atomic E-state index is 0.109. The molecule has 1 aliphatic rings. The molecule has 8 heteroatoms. The topological polar surface area (TPSA) is 55.9 Å². The van der Waals surface area contributed by atoms with Crippen LogP contribution in [0.25, 0.3) is 0 Å². The molecule has 1 saturated heterocycles. The van der Waals surface area contributed by atoms with Gasteiger partial charge in [0.1, 0.15) is 5.82 Å². The lowest BCUT2D eigenvalue weighted by molar-refractivity contribution is 0.187. The van der Waals surface area contributed by atoms with Gasteiger partial charge in [0.05, 0.1) is 4.90 Å². The second-order valence-corrected chi connectivity index (χ2v) is 10.9. The predicted molar refractivity (Wildman–Crippen MR) is 140 cm³/mol. The first-order valence-electron chi connectivity index (χ1n) is 11.8. The molecule has 0 aromatic heterocycles. The highest BCUT2D eigenvalue weighted by Crippen LogP contribution is 2.26. The Bertz CT molecular complexity index is 1210. The summed E-state index contributed by atoms with van der Waals surface area (Å²) >= 11 is 0. The van der Waals surface area contributed by atoms with Gasteiger partial charge in [0.25, 0.3) is 0 Å². The predicted octanol–water partition coefficient (Wildman–Crippen LogP) is 4.04. The van der Waals surface area contributed by atoms with Crippen LogP contribution in [0.3, 0.4) is 0 Å². The Kier molecular flexibility index (Phi) is 7.74. The number of sulfonamides is 1. The maximum absolute atomic E-state index is 13.3. The van der Waals surface area contributed by atoms with Crippen molar-refractivity contribution >= 4 is 21.4 Å². The van der Waals surface area contributed by atoms with Crippen LogP contribution in [0.4, 0.5) is 15.8 Å². The van der Waals surface area contributed by atoms with Crippen molar-refractivity contribution in [3.63, 3.8) is 0 Å². The molecule has 0 radical (unpaired) electrons. The molecular formula is C27H33FN4O2S. The van der Waals surface area contributed by atoms with Crippen LogP contribution in [0.1, 0.15) is 17.2 Å². The molecule has 0 amide bonds. The Labute approximate surface area is 208 Å². The third-order valence-corrected chi connectivity index (χ3v) is 7.98. The summed E-state index contributed by atoms with van der Waals surface area (Å²) in [5.41, 5.74) is 4.17. The molecule has 186 valence electrons. The number of anilines is 2. The molecule has 0 saturated carbocycles. The van der Waals surface area contributed by atoms with Gasteiger partial charge in [-0.05, 0) is 61.0 Å². The van der Waals surface area contributed by atoms with Gasteiger partial charge in [-0.2, -0.15) is 0 Å². The molecular weight excluding hydrogens is 463 g/mol. The first kappa shape index (κ1) is 25.2. The van der Waals surface area contributed by atoms with Crippen LogP contribution in [0.2, 0.25) is 0 Å². The minimum atomic E-state index is -3.63. The molecule has 0 aliphatic carbocycles. The van der Waals surface area contributed by atoms with Crippen molar-refractivity contribution in [3.05, 3.63) is 89.7 Å². The fraction of sp³-hybridized carbons (Fsp3) is 0.333. The van der Waals surface area contributed by atoms with Crippen molar-refractivity contribution in [1.82, 2.24) is 9.62 Å². The lowest BCUT2D eigenvalue weighted by atomic mass is 10.0. The number of halogens is 1. The first-order valence-corrected chi connectivity index (χ1v) is 13.3. The van der Waals surface area contributed by atoms with E-state index < -0.39 is 10.0 Å². The Morgan fingerprint density at radius 1 is 0.886 bits per heavy atom. The number of rotatable bonds is 8. The fourth-order valence-electron chi connectivity index (χ4n) is 4.39. The van der Waals surface area contributed by atoms with Crippen LogP contribution >= 0.6 is 0 Å². The standard InChI is InChI=1S/C27H33FN4O2S/c1-21-4-14-26(15-5-21)35(33,34)29-20-27(22-6-10-24(11-7-22)30(2)3)32-18-16-31(17-19-32)25-12-8-23(28)9-13-25/h4-15,27,29H,16-20H2,1-3H3/t27-/m0/s1. The van der Waals surface area contributed by atoms with E-state index in [1.807, 2.05) is 25.9 Å². The van der Waals surface area contributed by atoms with E-state index in [0.29, 0.717) is 0 Å². The summed E-state index contributed by atoms with van der Waals surface area (Å²) in [4.78, 5) is 6.87. The summed E-state index contributed by atoms with van der Waals surface area (Å²) in [5.74, 6) is -0.241. The van der Waals surface area contributed by atoms with E-state index in [1.54, 1.807) is 36.4 Å².